The standard InChI is InChI=1S/C14H11N3O3S/c15-9-10-4-6-13(7-5-10)21(19,20)17-12-3-1-2-11(8-12)14(16)18/h1-8,17H,(H2,16,18). The third-order valence-corrected chi connectivity index (χ3v) is 4.09. The first-order valence-electron chi connectivity index (χ1n) is 5.85. The van der Waals surface area contributed by atoms with Gasteiger partial charge in [-0.05, 0) is 42.5 Å². The highest BCUT2D eigenvalue weighted by molar-refractivity contribution is 7.92. The Morgan fingerprint density at radius 3 is 2.38 bits per heavy atom. The van der Waals surface area contributed by atoms with Crippen LogP contribution >= 0.6 is 0 Å². The lowest BCUT2D eigenvalue weighted by molar-refractivity contribution is 0.100. The van der Waals surface area contributed by atoms with Gasteiger partial charge in [-0.3, -0.25) is 9.52 Å². The van der Waals surface area contributed by atoms with E-state index in [2.05, 4.69) is 4.72 Å². The predicted molar refractivity (Wildman–Crippen MR) is 76.9 cm³/mol. The molecule has 0 fully saturated rings. The Bertz CT molecular complexity index is 821. The molecule has 3 N–H and O–H groups in total. The van der Waals surface area contributed by atoms with Crippen LogP contribution in [0.4, 0.5) is 5.69 Å². The van der Waals surface area contributed by atoms with Crippen molar-refractivity contribution < 1.29 is 13.2 Å². The molecule has 7 heteroatoms. The number of sulfonamides is 1. The van der Waals surface area contributed by atoms with E-state index in [1.54, 1.807) is 0 Å². The van der Waals surface area contributed by atoms with Crippen LogP contribution in [-0.4, -0.2) is 14.3 Å². The monoisotopic (exact) mass is 301 g/mol. The van der Waals surface area contributed by atoms with Gasteiger partial charge >= 0.3 is 0 Å². The van der Waals surface area contributed by atoms with E-state index < -0.39 is 15.9 Å². The van der Waals surface area contributed by atoms with Gasteiger partial charge in [0.25, 0.3) is 10.0 Å². The second-order valence-electron chi connectivity index (χ2n) is 4.19. The van der Waals surface area contributed by atoms with Gasteiger partial charge in [0.2, 0.25) is 5.91 Å². The van der Waals surface area contributed by atoms with Crippen LogP contribution in [0.5, 0.6) is 0 Å². The molecule has 0 spiro atoms. The molecule has 0 aliphatic heterocycles. The minimum Gasteiger partial charge on any atom is -0.366 e. The molecule has 0 aliphatic rings. The minimum absolute atomic E-state index is 0.0194. The summed E-state index contributed by atoms with van der Waals surface area (Å²) < 4.78 is 26.7. The highest BCUT2D eigenvalue weighted by atomic mass is 32.2. The summed E-state index contributed by atoms with van der Waals surface area (Å²) in [6, 6.07) is 13.3. The smallest absolute Gasteiger partial charge is 0.261 e. The second-order valence-corrected chi connectivity index (χ2v) is 5.87. The third kappa shape index (κ3) is 3.38. The Morgan fingerprint density at radius 1 is 1.14 bits per heavy atom. The summed E-state index contributed by atoms with van der Waals surface area (Å²) in [5, 5.41) is 8.69. The molecule has 0 bridgehead atoms. The normalized spacial score (nSPS) is 10.6. The number of carbonyl (C=O) groups is 1. The summed E-state index contributed by atoms with van der Waals surface area (Å²) in [6.45, 7) is 0. The van der Waals surface area contributed by atoms with Crippen LogP contribution in [0, 0.1) is 11.3 Å². The van der Waals surface area contributed by atoms with Gasteiger partial charge in [0.05, 0.1) is 16.5 Å². The van der Waals surface area contributed by atoms with E-state index in [9.17, 15) is 13.2 Å². The molecule has 0 radical (unpaired) electrons. The number of anilines is 1. The predicted octanol–water partition coefficient (Wildman–Crippen LogP) is 1.46. The number of carbonyl (C=O) groups excluding carboxylic acids is 1. The molecule has 0 saturated carbocycles. The van der Waals surface area contributed by atoms with Crippen LogP contribution in [0.15, 0.2) is 53.4 Å². The maximum Gasteiger partial charge on any atom is 0.261 e. The molecule has 2 rings (SSSR count). The number of nitrogens with one attached hydrogen (secondary N) is 1. The molecule has 0 heterocycles. The number of benzene rings is 2. The zero-order chi connectivity index (χ0) is 15.5. The Kier molecular flexibility index (Phi) is 3.91. The van der Waals surface area contributed by atoms with E-state index in [1.807, 2.05) is 6.07 Å². The molecule has 6 nitrogen and oxygen atoms in total. The van der Waals surface area contributed by atoms with Crippen molar-refractivity contribution in [3.8, 4) is 6.07 Å². The van der Waals surface area contributed by atoms with Crippen LogP contribution in [0.3, 0.4) is 0 Å². The summed E-state index contributed by atoms with van der Waals surface area (Å²) in [5.41, 5.74) is 5.94. The van der Waals surface area contributed by atoms with Gasteiger partial charge < -0.3 is 5.73 Å². The fourth-order valence-corrected chi connectivity index (χ4v) is 2.71. The first-order chi connectivity index (χ1) is 9.92. The van der Waals surface area contributed by atoms with Gasteiger partial charge in [-0.2, -0.15) is 5.26 Å². The quantitative estimate of drug-likeness (QED) is 0.889. The van der Waals surface area contributed by atoms with Gasteiger partial charge in [-0.25, -0.2) is 8.42 Å². The maximum atomic E-state index is 12.2. The molecular weight excluding hydrogens is 290 g/mol. The fourth-order valence-electron chi connectivity index (χ4n) is 1.66. The zero-order valence-electron chi connectivity index (χ0n) is 10.8. The summed E-state index contributed by atoms with van der Waals surface area (Å²) in [7, 11) is -3.79. The largest absolute Gasteiger partial charge is 0.366 e. The second kappa shape index (κ2) is 5.64. The first-order valence-corrected chi connectivity index (χ1v) is 7.33. The Balaban J connectivity index is 2.30. The fraction of sp³-hybridized carbons (Fsp3) is 0. The van der Waals surface area contributed by atoms with Crippen molar-refractivity contribution in [2.45, 2.75) is 4.90 Å². The summed E-state index contributed by atoms with van der Waals surface area (Å²) in [4.78, 5) is 11.1. The lowest BCUT2D eigenvalue weighted by Gasteiger charge is -2.08. The lowest BCUT2D eigenvalue weighted by Crippen LogP contribution is -2.15. The molecule has 2 aromatic carbocycles. The van der Waals surface area contributed by atoms with Crippen LogP contribution in [0.1, 0.15) is 15.9 Å². The maximum absolute atomic E-state index is 12.2. The topological polar surface area (TPSA) is 113 Å². The van der Waals surface area contributed by atoms with Gasteiger partial charge in [0, 0.05) is 11.3 Å². The van der Waals surface area contributed by atoms with Crippen LogP contribution < -0.4 is 10.5 Å². The van der Waals surface area contributed by atoms with Gasteiger partial charge in [0.15, 0.2) is 0 Å². The molecular formula is C14H11N3O3S. The summed E-state index contributed by atoms with van der Waals surface area (Å²) in [6.07, 6.45) is 0. The number of primary amides is 1. The summed E-state index contributed by atoms with van der Waals surface area (Å²) in [5.74, 6) is -0.644. The van der Waals surface area contributed by atoms with Crippen LogP contribution in [0.25, 0.3) is 0 Å². The van der Waals surface area contributed by atoms with E-state index in [0.29, 0.717) is 5.56 Å². The van der Waals surface area contributed by atoms with Gasteiger partial charge in [-0.15, -0.1) is 0 Å². The van der Waals surface area contributed by atoms with Crippen molar-refractivity contribution >= 4 is 21.6 Å². The average molecular weight is 301 g/mol. The van der Waals surface area contributed by atoms with Gasteiger partial charge in [0.1, 0.15) is 0 Å². The number of hydrogen-bond donors (Lipinski definition) is 2. The van der Waals surface area contributed by atoms with Crippen LogP contribution in [0.2, 0.25) is 0 Å². The van der Waals surface area contributed by atoms with Crippen LogP contribution in [-0.2, 0) is 10.0 Å². The number of nitrogens with two attached hydrogens (primary N) is 1. The number of nitrogens with zero attached hydrogens (tertiary/aromatic N) is 1. The minimum atomic E-state index is -3.79. The molecule has 0 atom stereocenters. The molecule has 1 amide bonds. The van der Waals surface area contributed by atoms with E-state index >= 15 is 0 Å². The SMILES string of the molecule is N#Cc1ccc(S(=O)(=O)Nc2cccc(C(N)=O)c2)cc1. The van der Waals surface area contributed by atoms with Crippen molar-refractivity contribution in [3.63, 3.8) is 0 Å². The van der Waals surface area contributed by atoms with E-state index in [-0.39, 0.29) is 16.1 Å². The Hall–Kier alpha value is -2.85. The average Bonchev–Trinajstić information content (AvgIpc) is 2.47. The summed E-state index contributed by atoms with van der Waals surface area (Å²) >= 11 is 0. The van der Waals surface area contributed by atoms with Crippen molar-refractivity contribution in [2.75, 3.05) is 4.72 Å². The number of nitriles is 1. The highest BCUT2D eigenvalue weighted by Crippen LogP contribution is 2.17. The Labute approximate surface area is 121 Å². The van der Waals surface area contributed by atoms with Crippen molar-refractivity contribution in [3.05, 3.63) is 59.7 Å². The number of rotatable bonds is 4. The van der Waals surface area contributed by atoms with Crippen molar-refractivity contribution in [2.24, 2.45) is 5.73 Å². The molecule has 21 heavy (non-hydrogen) atoms. The molecule has 0 aromatic heterocycles. The molecule has 2 aromatic rings. The highest BCUT2D eigenvalue weighted by Gasteiger charge is 2.14. The molecule has 106 valence electrons. The van der Waals surface area contributed by atoms with Crippen molar-refractivity contribution in [1.82, 2.24) is 0 Å². The molecule has 0 saturated heterocycles. The van der Waals surface area contributed by atoms with Crippen molar-refractivity contribution in [1.29, 1.82) is 5.26 Å². The Morgan fingerprint density at radius 2 is 1.81 bits per heavy atom. The molecule has 0 aliphatic carbocycles. The first kappa shape index (κ1) is 14.6. The third-order valence-electron chi connectivity index (χ3n) is 2.69. The lowest BCUT2D eigenvalue weighted by atomic mass is 10.2. The van der Waals surface area contributed by atoms with E-state index in [0.717, 1.165) is 0 Å². The van der Waals surface area contributed by atoms with Gasteiger partial charge in [-0.1, -0.05) is 6.07 Å². The number of hydrogen-bond acceptors (Lipinski definition) is 4. The molecule has 0 unspecified atom stereocenters. The van der Waals surface area contributed by atoms with E-state index in [1.165, 1.54) is 48.5 Å². The van der Waals surface area contributed by atoms with E-state index in [4.69, 9.17) is 11.0 Å². The number of amides is 1. The zero-order valence-corrected chi connectivity index (χ0v) is 11.6.